The van der Waals surface area contributed by atoms with E-state index in [2.05, 4.69) is 30.0 Å². The van der Waals surface area contributed by atoms with Gasteiger partial charge in [-0.15, -0.1) is 11.3 Å². The highest BCUT2D eigenvalue weighted by Gasteiger charge is 2.32. The third-order valence-corrected chi connectivity index (χ3v) is 5.80. The molecule has 19 heavy (non-hydrogen) atoms. The summed E-state index contributed by atoms with van der Waals surface area (Å²) in [6.45, 7) is 6.20. The Bertz CT molecular complexity index is 595. The van der Waals surface area contributed by atoms with Crippen molar-refractivity contribution < 1.29 is 0 Å². The van der Waals surface area contributed by atoms with Crippen LogP contribution in [0.5, 0.6) is 0 Å². The summed E-state index contributed by atoms with van der Waals surface area (Å²) in [5.41, 5.74) is 6.15. The minimum Gasteiger partial charge on any atom is -0.330 e. The molecule has 2 nitrogen and oxygen atoms in total. The number of thiophene rings is 1. The molecule has 1 atom stereocenters. The molecule has 1 fully saturated rings. The van der Waals surface area contributed by atoms with Crippen molar-refractivity contribution in [2.45, 2.75) is 19.9 Å². The second kappa shape index (κ2) is 5.06. The molecule has 1 aromatic carbocycles. The van der Waals surface area contributed by atoms with Crippen molar-refractivity contribution in [1.82, 2.24) is 4.90 Å². The first-order chi connectivity index (χ1) is 9.11. The summed E-state index contributed by atoms with van der Waals surface area (Å²) in [5, 5.41) is 2.12. The Morgan fingerprint density at radius 3 is 2.89 bits per heavy atom. The van der Waals surface area contributed by atoms with Gasteiger partial charge >= 0.3 is 0 Å². The van der Waals surface area contributed by atoms with Crippen LogP contribution >= 0.6 is 22.9 Å². The van der Waals surface area contributed by atoms with Crippen molar-refractivity contribution in [3.05, 3.63) is 34.2 Å². The van der Waals surface area contributed by atoms with Crippen LogP contribution in [0.25, 0.3) is 10.1 Å². The van der Waals surface area contributed by atoms with Crippen molar-refractivity contribution in [2.75, 3.05) is 19.6 Å². The SMILES string of the molecule is CC1(CN)CCN(Cc2sc3ccccc3c2Cl)C1. The molecule has 0 spiro atoms. The van der Waals surface area contributed by atoms with Gasteiger partial charge < -0.3 is 5.73 Å². The molecule has 0 saturated carbocycles. The Morgan fingerprint density at radius 2 is 2.21 bits per heavy atom. The third kappa shape index (κ3) is 2.52. The van der Waals surface area contributed by atoms with E-state index in [4.69, 9.17) is 17.3 Å². The van der Waals surface area contributed by atoms with E-state index in [1.54, 1.807) is 0 Å². The molecule has 0 bridgehead atoms. The van der Waals surface area contributed by atoms with Gasteiger partial charge in [-0.25, -0.2) is 0 Å². The van der Waals surface area contributed by atoms with Gasteiger partial charge in [0.25, 0.3) is 0 Å². The molecule has 1 saturated heterocycles. The topological polar surface area (TPSA) is 29.3 Å². The fourth-order valence-electron chi connectivity index (χ4n) is 2.80. The van der Waals surface area contributed by atoms with Crippen LogP contribution in [0, 0.1) is 5.41 Å². The molecule has 2 heterocycles. The fraction of sp³-hybridized carbons (Fsp3) is 0.467. The quantitative estimate of drug-likeness (QED) is 0.935. The maximum absolute atomic E-state index is 6.50. The average molecular weight is 295 g/mol. The number of hydrogen-bond donors (Lipinski definition) is 1. The van der Waals surface area contributed by atoms with E-state index in [1.165, 1.54) is 21.4 Å². The Balaban J connectivity index is 1.81. The van der Waals surface area contributed by atoms with E-state index in [9.17, 15) is 0 Å². The Labute approximate surface area is 123 Å². The van der Waals surface area contributed by atoms with Gasteiger partial charge in [0.15, 0.2) is 0 Å². The highest BCUT2D eigenvalue weighted by Crippen LogP contribution is 2.37. The predicted octanol–water partition coefficient (Wildman–Crippen LogP) is 3.73. The molecule has 3 rings (SSSR count). The molecule has 0 radical (unpaired) electrons. The van der Waals surface area contributed by atoms with E-state index < -0.39 is 0 Å². The van der Waals surface area contributed by atoms with Crippen LogP contribution in [0.15, 0.2) is 24.3 Å². The van der Waals surface area contributed by atoms with E-state index in [1.807, 2.05) is 17.4 Å². The molecule has 1 aliphatic rings. The second-order valence-corrected chi connectivity index (χ2v) is 7.33. The Morgan fingerprint density at radius 1 is 1.42 bits per heavy atom. The summed E-state index contributed by atoms with van der Waals surface area (Å²) < 4.78 is 1.28. The lowest BCUT2D eigenvalue weighted by molar-refractivity contribution is 0.276. The highest BCUT2D eigenvalue weighted by molar-refractivity contribution is 7.19. The van der Waals surface area contributed by atoms with Gasteiger partial charge in [-0.05, 0) is 31.0 Å². The first kappa shape index (κ1) is 13.4. The molecular weight excluding hydrogens is 276 g/mol. The monoisotopic (exact) mass is 294 g/mol. The van der Waals surface area contributed by atoms with Gasteiger partial charge in [0.2, 0.25) is 0 Å². The molecule has 1 aliphatic heterocycles. The summed E-state index contributed by atoms with van der Waals surface area (Å²) in [4.78, 5) is 3.76. The molecule has 2 aromatic rings. The first-order valence-electron chi connectivity index (χ1n) is 6.70. The number of halogens is 1. The van der Waals surface area contributed by atoms with E-state index in [0.717, 1.165) is 31.2 Å². The van der Waals surface area contributed by atoms with Crippen molar-refractivity contribution in [3.8, 4) is 0 Å². The minimum atomic E-state index is 0.281. The second-order valence-electron chi connectivity index (χ2n) is 5.81. The largest absolute Gasteiger partial charge is 0.330 e. The summed E-state index contributed by atoms with van der Waals surface area (Å²) in [6.07, 6.45) is 1.19. The van der Waals surface area contributed by atoms with E-state index >= 15 is 0 Å². The number of nitrogens with two attached hydrogens (primary N) is 1. The number of hydrogen-bond acceptors (Lipinski definition) is 3. The molecule has 102 valence electrons. The molecule has 1 aromatic heterocycles. The van der Waals surface area contributed by atoms with Gasteiger partial charge in [-0.3, -0.25) is 4.90 Å². The highest BCUT2D eigenvalue weighted by atomic mass is 35.5. The summed E-state index contributed by atoms with van der Waals surface area (Å²) in [6, 6.07) is 8.36. The maximum Gasteiger partial charge on any atom is 0.0637 e. The maximum atomic E-state index is 6.50. The molecule has 4 heteroatoms. The normalized spacial score (nSPS) is 24.4. The van der Waals surface area contributed by atoms with Crippen molar-refractivity contribution >= 4 is 33.0 Å². The van der Waals surface area contributed by atoms with Gasteiger partial charge in [0.1, 0.15) is 0 Å². The first-order valence-corrected chi connectivity index (χ1v) is 7.89. The number of nitrogens with zero attached hydrogens (tertiary/aromatic N) is 1. The summed E-state index contributed by atoms with van der Waals surface area (Å²) in [5.74, 6) is 0. The zero-order valence-corrected chi connectivity index (χ0v) is 12.7. The predicted molar refractivity (Wildman–Crippen MR) is 83.9 cm³/mol. The number of benzene rings is 1. The van der Waals surface area contributed by atoms with Crippen molar-refractivity contribution in [3.63, 3.8) is 0 Å². The standard InChI is InChI=1S/C15H19ClN2S/c1-15(9-17)6-7-18(10-15)8-13-14(16)11-4-2-3-5-12(11)19-13/h2-5H,6-10,17H2,1H3. The molecule has 0 amide bonds. The Kier molecular flexibility index (Phi) is 3.56. The van der Waals surface area contributed by atoms with Gasteiger partial charge in [-0.1, -0.05) is 36.7 Å². The van der Waals surface area contributed by atoms with Crippen LogP contribution in [0.2, 0.25) is 5.02 Å². The zero-order chi connectivity index (χ0) is 13.5. The summed E-state index contributed by atoms with van der Waals surface area (Å²) >= 11 is 8.31. The van der Waals surface area contributed by atoms with Crippen molar-refractivity contribution in [1.29, 1.82) is 0 Å². The zero-order valence-electron chi connectivity index (χ0n) is 11.2. The van der Waals surface area contributed by atoms with Crippen LogP contribution in [0.1, 0.15) is 18.2 Å². The Hall–Kier alpha value is -0.610. The smallest absolute Gasteiger partial charge is 0.0637 e. The van der Waals surface area contributed by atoms with E-state index in [-0.39, 0.29) is 5.41 Å². The average Bonchev–Trinajstić information content (AvgIpc) is 2.94. The molecule has 0 aliphatic carbocycles. The van der Waals surface area contributed by atoms with Crippen LogP contribution < -0.4 is 5.73 Å². The fourth-order valence-corrected chi connectivity index (χ4v) is 4.33. The molecule has 2 N–H and O–H groups in total. The van der Waals surface area contributed by atoms with Crippen LogP contribution in [0.4, 0.5) is 0 Å². The number of likely N-dealkylation sites (tertiary alicyclic amines) is 1. The number of rotatable bonds is 3. The summed E-state index contributed by atoms with van der Waals surface area (Å²) in [7, 11) is 0. The van der Waals surface area contributed by atoms with Crippen LogP contribution in [-0.4, -0.2) is 24.5 Å². The minimum absolute atomic E-state index is 0.281. The molecule has 1 unspecified atom stereocenters. The van der Waals surface area contributed by atoms with Gasteiger partial charge in [-0.2, -0.15) is 0 Å². The van der Waals surface area contributed by atoms with Crippen molar-refractivity contribution in [2.24, 2.45) is 11.1 Å². The lowest BCUT2D eigenvalue weighted by atomic mass is 9.90. The van der Waals surface area contributed by atoms with E-state index in [0.29, 0.717) is 0 Å². The van der Waals surface area contributed by atoms with Crippen LogP contribution in [-0.2, 0) is 6.54 Å². The lowest BCUT2D eigenvalue weighted by Gasteiger charge is -2.22. The molecular formula is C15H19ClN2S. The third-order valence-electron chi connectivity index (χ3n) is 4.10. The van der Waals surface area contributed by atoms with Gasteiger partial charge in [0, 0.05) is 28.1 Å². The lowest BCUT2D eigenvalue weighted by Crippen LogP contribution is -2.31. The van der Waals surface area contributed by atoms with Crippen LogP contribution in [0.3, 0.4) is 0 Å². The number of fused-ring (bicyclic) bond motifs is 1. The van der Waals surface area contributed by atoms with Gasteiger partial charge in [0.05, 0.1) is 5.02 Å².